The van der Waals surface area contributed by atoms with Crippen molar-refractivity contribution in [1.29, 1.82) is 0 Å². The molecule has 0 saturated heterocycles. The zero-order valence-corrected chi connectivity index (χ0v) is 14.8. The number of carbonyl (C=O) groups is 2. The molecule has 3 nitrogen and oxygen atoms in total. The number of aryl methyl sites for hydroxylation is 1. The van der Waals surface area contributed by atoms with Gasteiger partial charge in [0.25, 0.3) is 0 Å². The number of hydrogen-bond acceptors (Lipinski definition) is 5. The quantitative estimate of drug-likeness (QED) is 0.342. The van der Waals surface area contributed by atoms with E-state index in [1.54, 1.807) is 17.4 Å². The Morgan fingerprint density at radius 3 is 2.16 bits per heavy atom. The lowest BCUT2D eigenvalue weighted by atomic mass is 10.0. The van der Waals surface area contributed by atoms with Crippen molar-refractivity contribution in [3.05, 3.63) is 69.0 Å². The number of benzene rings is 2. The zero-order valence-electron chi connectivity index (χ0n) is 13.2. The Hall–Kier alpha value is -2.63. The fraction of sp³-hybridized carbons (Fsp3) is 0.0500. The highest BCUT2D eigenvalue weighted by molar-refractivity contribution is 7.27. The number of Topliss-reactive ketones (excluding diaryl/α,β-unsaturated/α-hetero) is 2. The first-order valence-corrected chi connectivity index (χ1v) is 9.44. The van der Waals surface area contributed by atoms with E-state index >= 15 is 0 Å². The van der Waals surface area contributed by atoms with Crippen molar-refractivity contribution in [3.8, 4) is 0 Å². The van der Waals surface area contributed by atoms with Gasteiger partial charge in [0.2, 0.25) is 0 Å². The lowest BCUT2D eigenvalue weighted by Crippen LogP contribution is -1.99. The highest BCUT2D eigenvalue weighted by Crippen LogP contribution is 2.34. The van der Waals surface area contributed by atoms with Gasteiger partial charge in [-0.05, 0) is 42.0 Å². The monoisotopic (exact) mass is 361 g/mol. The number of nitrogens with zero attached hydrogens (tertiary/aromatic N) is 1. The molecule has 0 fully saturated rings. The van der Waals surface area contributed by atoms with Gasteiger partial charge in [0.05, 0.1) is 10.3 Å². The fourth-order valence-corrected chi connectivity index (χ4v) is 5.27. The van der Waals surface area contributed by atoms with Crippen molar-refractivity contribution in [2.24, 2.45) is 0 Å². The zero-order chi connectivity index (χ0) is 17.1. The second-order valence-corrected chi connectivity index (χ2v) is 8.34. The number of thiophene rings is 1. The molecule has 0 N–H and O–H groups in total. The minimum Gasteiger partial charge on any atom is -0.288 e. The van der Waals surface area contributed by atoms with Crippen LogP contribution >= 0.6 is 22.7 Å². The van der Waals surface area contributed by atoms with E-state index in [0.717, 1.165) is 20.3 Å². The molecule has 120 valence electrons. The van der Waals surface area contributed by atoms with Gasteiger partial charge in [-0.3, -0.25) is 9.59 Å². The van der Waals surface area contributed by atoms with Crippen molar-refractivity contribution in [2.75, 3.05) is 0 Å². The summed E-state index contributed by atoms with van der Waals surface area (Å²) < 4.78 is 1.09. The molecule has 0 saturated carbocycles. The van der Waals surface area contributed by atoms with Crippen LogP contribution < -0.4 is 0 Å². The van der Waals surface area contributed by atoms with Crippen LogP contribution in [0, 0.1) is 6.92 Å². The number of rotatable bonds is 1. The number of fused-ring (bicyclic) bond motifs is 3. The maximum atomic E-state index is 12.8. The molecular weight excluding hydrogens is 350 g/mol. The number of allylic oxidation sites excluding steroid dienone is 1. The van der Waals surface area contributed by atoms with E-state index in [9.17, 15) is 9.59 Å². The van der Waals surface area contributed by atoms with Crippen LogP contribution in [0.2, 0.25) is 0 Å². The van der Waals surface area contributed by atoms with Gasteiger partial charge in [0.15, 0.2) is 11.6 Å². The number of aromatic nitrogens is 1. The largest absolute Gasteiger partial charge is 0.288 e. The average Bonchev–Trinajstić information content (AvgIpc) is 3.20. The molecule has 0 unspecified atom stereocenters. The van der Waals surface area contributed by atoms with Crippen LogP contribution in [0.3, 0.4) is 0 Å². The van der Waals surface area contributed by atoms with Gasteiger partial charge in [-0.15, -0.1) is 22.7 Å². The molecule has 2 heterocycles. The van der Waals surface area contributed by atoms with Crippen LogP contribution in [0.5, 0.6) is 0 Å². The summed E-state index contributed by atoms with van der Waals surface area (Å²) in [6, 6.07) is 13.5. The normalized spacial score (nSPS) is 13.9. The van der Waals surface area contributed by atoms with E-state index in [0.29, 0.717) is 16.1 Å². The Balaban J connectivity index is 1.64. The minimum absolute atomic E-state index is 0.208. The average molecular weight is 361 g/mol. The van der Waals surface area contributed by atoms with Crippen molar-refractivity contribution in [1.82, 2.24) is 4.98 Å². The lowest BCUT2D eigenvalue weighted by Gasteiger charge is -2.00. The van der Waals surface area contributed by atoms with Crippen molar-refractivity contribution >= 4 is 60.6 Å². The molecule has 4 aromatic rings. The molecule has 0 bridgehead atoms. The molecule has 0 amide bonds. The summed E-state index contributed by atoms with van der Waals surface area (Å²) in [7, 11) is 0. The van der Waals surface area contributed by atoms with E-state index in [4.69, 9.17) is 0 Å². The van der Waals surface area contributed by atoms with Gasteiger partial charge in [-0.2, -0.15) is 0 Å². The summed E-state index contributed by atoms with van der Waals surface area (Å²) in [4.78, 5) is 32.2. The molecule has 0 spiro atoms. The van der Waals surface area contributed by atoms with Gasteiger partial charge in [0.1, 0.15) is 9.84 Å². The van der Waals surface area contributed by atoms with E-state index in [1.807, 2.05) is 43.3 Å². The molecule has 2 aromatic carbocycles. The summed E-state index contributed by atoms with van der Waals surface area (Å²) in [6.07, 6.45) is 1.64. The summed E-state index contributed by atoms with van der Waals surface area (Å²) in [6.45, 7) is 2.04. The third kappa shape index (κ3) is 2.20. The van der Waals surface area contributed by atoms with E-state index in [2.05, 4.69) is 11.1 Å². The van der Waals surface area contributed by atoms with Gasteiger partial charge in [-0.25, -0.2) is 4.98 Å². The lowest BCUT2D eigenvalue weighted by molar-refractivity contribution is 0.0990. The smallest absolute Gasteiger partial charge is 0.197 e. The maximum Gasteiger partial charge on any atom is 0.197 e. The molecular formula is C20H11NO2S2. The Bertz CT molecular complexity index is 1160. The van der Waals surface area contributed by atoms with Crippen molar-refractivity contribution in [2.45, 2.75) is 6.92 Å². The van der Waals surface area contributed by atoms with Crippen LogP contribution in [0.25, 0.3) is 26.4 Å². The molecule has 5 rings (SSSR count). The number of thiazole rings is 1. The first-order chi connectivity index (χ1) is 12.1. The highest BCUT2D eigenvalue weighted by Gasteiger charge is 2.33. The Kier molecular flexibility index (Phi) is 3.04. The summed E-state index contributed by atoms with van der Waals surface area (Å²) in [5, 5.41) is 2.64. The Labute approximate surface area is 151 Å². The van der Waals surface area contributed by atoms with Crippen LogP contribution in [-0.4, -0.2) is 16.6 Å². The second kappa shape index (κ2) is 5.18. The summed E-state index contributed by atoms with van der Waals surface area (Å²) in [5.41, 5.74) is 1.19. The first-order valence-electron chi connectivity index (χ1n) is 7.81. The molecule has 25 heavy (non-hydrogen) atoms. The number of carbonyl (C=O) groups excluding carboxylic acids is 2. The van der Waals surface area contributed by atoms with Crippen LogP contribution in [0.15, 0.2) is 48.0 Å². The van der Waals surface area contributed by atoms with Gasteiger partial charge < -0.3 is 0 Å². The van der Waals surface area contributed by atoms with E-state index in [1.165, 1.54) is 16.2 Å². The highest BCUT2D eigenvalue weighted by atomic mass is 32.1. The molecule has 0 aliphatic heterocycles. The predicted molar refractivity (Wildman–Crippen MR) is 103 cm³/mol. The molecule has 5 heteroatoms. The van der Waals surface area contributed by atoms with Crippen LogP contribution in [-0.2, 0) is 0 Å². The predicted octanol–water partition coefficient (Wildman–Crippen LogP) is 5.28. The number of hydrogen-bond donors (Lipinski definition) is 0. The molecule has 2 aromatic heterocycles. The van der Waals surface area contributed by atoms with Gasteiger partial charge in [-0.1, -0.05) is 24.3 Å². The van der Waals surface area contributed by atoms with E-state index in [-0.39, 0.29) is 17.1 Å². The molecule has 1 aliphatic rings. The number of ketones is 2. The minimum atomic E-state index is -0.208. The van der Waals surface area contributed by atoms with Crippen LogP contribution in [0.1, 0.15) is 30.6 Å². The topological polar surface area (TPSA) is 47.0 Å². The van der Waals surface area contributed by atoms with E-state index < -0.39 is 0 Å². The first kappa shape index (κ1) is 14.7. The molecule has 1 aliphatic carbocycles. The van der Waals surface area contributed by atoms with Gasteiger partial charge >= 0.3 is 0 Å². The molecule has 0 radical (unpaired) electrons. The maximum absolute atomic E-state index is 12.8. The van der Waals surface area contributed by atoms with Crippen molar-refractivity contribution < 1.29 is 9.59 Å². The SMILES string of the molecule is Cc1cc2sc(C=C3C(=O)c4cc5ccccc5cc4C3=O)nc2s1. The third-order valence-electron chi connectivity index (χ3n) is 4.36. The summed E-state index contributed by atoms with van der Waals surface area (Å²) in [5.74, 6) is -0.416. The van der Waals surface area contributed by atoms with Crippen LogP contribution in [0.4, 0.5) is 0 Å². The molecule has 0 atom stereocenters. The second-order valence-electron chi connectivity index (χ2n) is 6.04. The Morgan fingerprint density at radius 2 is 1.56 bits per heavy atom. The van der Waals surface area contributed by atoms with Gasteiger partial charge in [0, 0.05) is 16.0 Å². The third-order valence-corrected chi connectivity index (χ3v) is 6.38. The Morgan fingerprint density at radius 1 is 0.920 bits per heavy atom. The summed E-state index contributed by atoms with van der Waals surface area (Å²) >= 11 is 3.13. The fourth-order valence-electron chi connectivity index (χ4n) is 3.19. The van der Waals surface area contributed by atoms with Crippen molar-refractivity contribution in [3.63, 3.8) is 0 Å². The standard InChI is InChI=1S/C20H11NO2S2/c1-10-6-16-20(24-10)21-17(25-16)9-15-18(22)13-7-11-4-2-3-5-12(11)8-14(13)19(15)23/h2-9H,1H3.